The fourth-order valence-corrected chi connectivity index (χ4v) is 1.20. The summed E-state index contributed by atoms with van der Waals surface area (Å²) in [5, 5.41) is 0. The van der Waals surface area contributed by atoms with Crippen molar-refractivity contribution < 1.29 is 17.7 Å². The van der Waals surface area contributed by atoms with Gasteiger partial charge in [0.2, 0.25) is 0 Å². The van der Waals surface area contributed by atoms with Gasteiger partial charge >= 0.3 is 6.98 Å². The Morgan fingerprint density at radius 2 is 2.07 bits per heavy atom. The second-order valence-corrected chi connectivity index (χ2v) is 3.22. The second-order valence-electron chi connectivity index (χ2n) is 3.22. The Morgan fingerprint density at radius 1 is 1.40 bits per heavy atom. The predicted molar refractivity (Wildman–Crippen MR) is 55.6 cm³/mol. The van der Waals surface area contributed by atoms with Gasteiger partial charge in [-0.2, -0.15) is 0 Å². The Morgan fingerprint density at radius 3 is 2.60 bits per heavy atom. The van der Waals surface area contributed by atoms with Crippen LogP contribution in [0.1, 0.15) is 5.56 Å². The monoisotopic (exact) mass is 215 g/mol. The number of hydrogen-bond acceptors (Lipinski definition) is 1. The van der Waals surface area contributed by atoms with E-state index in [2.05, 4.69) is 6.58 Å². The van der Waals surface area contributed by atoms with E-state index >= 15 is 0 Å². The van der Waals surface area contributed by atoms with Crippen molar-refractivity contribution in [1.82, 2.24) is 0 Å². The van der Waals surface area contributed by atoms with Crippen molar-refractivity contribution in [2.24, 2.45) is 0 Å². The number of aryl methyl sites for hydroxylation is 1. The van der Waals surface area contributed by atoms with E-state index in [1.165, 1.54) is 12.1 Å². The summed E-state index contributed by atoms with van der Waals surface area (Å²) in [5.74, 6) is -0.131. The first-order chi connectivity index (χ1) is 6.95. The van der Waals surface area contributed by atoms with Gasteiger partial charge < -0.3 is 17.7 Å². The van der Waals surface area contributed by atoms with Crippen LogP contribution in [0, 0.1) is 6.92 Å². The molecule has 0 bridgehead atoms. The maximum atomic E-state index is 12.6. The average Bonchev–Trinajstić information content (AvgIpc) is 2.14. The highest BCUT2D eigenvalue weighted by atomic mass is 19.4. The molecule has 15 heavy (non-hydrogen) atoms. The van der Waals surface area contributed by atoms with E-state index in [0.29, 0.717) is 5.56 Å². The minimum Gasteiger partial charge on any atom is -0.493 e. The molecule has 1 nitrogen and oxygen atoms in total. The van der Waals surface area contributed by atoms with Crippen molar-refractivity contribution in [3.8, 4) is 5.75 Å². The molecule has 1 rings (SSSR count). The summed E-state index contributed by atoms with van der Waals surface area (Å²) in [6.07, 6.45) is 1.41. The molecule has 0 aliphatic heterocycles. The van der Waals surface area contributed by atoms with Gasteiger partial charge in [-0.25, -0.2) is 0 Å². The first kappa shape index (κ1) is 11.7. The van der Waals surface area contributed by atoms with Crippen LogP contribution in [-0.4, -0.2) is 13.6 Å². The van der Waals surface area contributed by atoms with Crippen LogP contribution >= 0.6 is 0 Å². The van der Waals surface area contributed by atoms with E-state index in [4.69, 9.17) is 4.74 Å². The minimum atomic E-state index is -5.03. The molecule has 0 spiro atoms. The molecule has 0 amide bonds. The van der Waals surface area contributed by atoms with E-state index < -0.39 is 12.4 Å². The Bertz CT molecular complexity index is 360. The lowest BCUT2D eigenvalue weighted by molar-refractivity contribution is 0.363. The van der Waals surface area contributed by atoms with Gasteiger partial charge in [-0.15, -0.1) is 0 Å². The molecule has 0 radical (unpaired) electrons. The third kappa shape index (κ3) is 3.04. The molecular formula is C10H11BF3O-. The summed E-state index contributed by atoms with van der Waals surface area (Å²) in [4.78, 5) is 0. The molecule has 0 saturated heterocycles. The van der Waals surface area contributed by atoms with Crippen LogP contribution in [0.4, 0.5) is 12.9 Å². The predicted octanol–water partition coefficient (Wildman–Crippen LogP) is 2.61. The second kappa shape index (κ2) is 4.42. The van der Waals surface area contributed by atoms with Crippen molar-refractivity contribution in [3.05, 3.63) is 36.4 Å². The highest BCUT2D eigenvalue weighted by molar-refractivity contribution is 6.74. The maximum Gasteiger partial charge on any atom is 0.513 e. The normalized spacial score (nSPS) is 11.2. The van der Waals surface area contributed by atoms with Crippen LogP contribution in [0.3, 0.4) is 0 Å². The van der Waals surface area contributed by atoms with Gasteiger partial charge in [0.05, 0.1) is 5.75 Å². The molecule has 0 aliphatic rings. The average molecular weight is 215 g/mol. The van der Waals surface area contributed by atoms with Crippen molar-refractivity contribution >= 4 is 12.4 Å². The van der Waals surface area contributed by atoms with Crippen LogP contribution in [0.15, 0.2) is 30.9 Å². The standard InChI is InChI=1S/C10H11BF3O/c1-3-6-15-10-5-4-8(2)7-9(10)11(12,13)14/h3-5,7H,1,6H2,2H3/q-1. The zero-order valence-corrected chi connectivity index (χ0v) is 8.34. The van der Waals surface area contributed by atoms with E-state index in [1.807, 2.05) is 0 Å². The van der Waals surface area contributed by atoms with Gasteiger partial charge in [-0.05, 0) is 13.0 Å². The van der Waals surface area contributed by atoms with Crippen LogP contribution in [0.2, 0.25) is 0 Å². The fraction of sp³-hybridized carbons (Fsp3) is 0.200. The van der Waals surface area contributed by atoms with Gasteiger partial charge in [0.25, 0.3) is 0 Å². The van der Waals surface area contributed by atoms with E-state index in [1.54, 1.807) is 13.0 Å². The zero-order chi connectivity index (χ0) is 11.5. The topological polar surface area (TPSA) is 9.23 Å². The quantitative estimate of drug-likeness (QED) is 0.554. The largest absolute Gasteiger partial charge is 0.513 e. The number of hydrogen-bond donors (Lipinski definition) is 0. The Hall–Kier alpha value is -1.39. The summed E-state index contributed by atoms with van der Waals surface area (Å²) in [6, 6.07) is 4.02. The molecule has 82 valence electrons. The molecule has 0 aliphatic carbocycles. The Kier molecular flexibility index (Phi) is 3.45. The summed E-state index contributed by atoms with van der Waals surface area (Å²) < 4.78 is 42.8. The molecule has 1 aromatic carbocycles. The molecule has 0 aromatic heterocycles. The van der Waals surface area contributed by atoms with Crippen molar-refractivity contribution in [1.29, 1.82) is 0 Å². The molecule has 5 heteroatoms. The number of rotatable bonds is 4. The van der Waals surface area contributed by atoms with Crippen LogP contribution in [0.5, 0.6) is 5.75 Å². The molecule has 0 heterocycles. The third-order valence-electron chi connectivity index (χ3n) is 1.87. The highest BCUT2D eigenvalue weighted by Crippen LogP contribution is 2.18. The summed E-state index contributed by atoms with van der Waals surface area (Å²) in [5.41, 5.74) is -0.119. The third-order valence-corrected chi connectivity index (χ3v) is 1.87. The van der Waals surface area contributed by atoms with Crippen molar-refractivity contribution in [2.75, 3.05) is 6.61 Å². The lowest BCUT2D eigenvalue weighted by Crippen LogP contribution is -2.35. The Balaban J connectivity index is 3.09. The van der Waals surface area contributed by atoms with Crippen LogP contribution in [-0.2, 0) is 0 Å². The summed E-state index contributed by atoms with van der Waals surface area (Å²) in [7, 11) is 0. The Labute approximate surface area is 86.6 Å². The molecule has 0 atom stereocenters. The van der Waals surface area contributed by atoms with Gasteiger partial charge in [-0.1, -0.05) is 35.8 Å². The van der Waals surface area contributed by atoms with E-state index in [-0.39, 0.29) is 12.4 Å². The molecular weight excluding hydrogens is 204 g/mol. The number of ether oxygens (including phenoxy) is 1. The molecule has 0 N–H and O–H groups in total. The fourth-order valence-electron chi connectivity index (χ4n) is 1.20. The van der Waals surface area contributed by atoms with E-state index in [9.17, 15) is 12.9 Å². The van der Waals surface area contributed by atoms with Gasteiger partial charge in [0.1, 0.15) is 6.61 Å². The number of halogens is 3. The summed E-state index contributed by atoms with van der Waals surface area (Å²) >= 11 is 0. The first-order valence-corrected chi connectivity index (χ1v) is 4.49. The molecule has 0 fully saturated rings. The molecule has 0 unspecified atom stereocenters. The van der Waals surface area contributed by atoms with E-state index in [0.717, 1.165) is 6.07 Å². The molecule has 0 saturated carbocycles. The lowest BCUT2D eigenvalue weighted by atomic mass is 9.78. The van der Waals surface area contributed by atoms with Gasteiger partial charge in [0, 0.05) is 0 Å². The SMILES string of the molecule is C=CCOc1ccc(C)cc1[B-](F)(F)F. The van der Waals surface area contributed by atoms with Crippen molar-refractivity contribution in [3.63, 3.8) is 0 Å². The van der Waals surface area contributed by atoms with Crippen LogP contribution in [0.25, 0.3) is 0 Å². The highest BCUT2D eigenvalue weighted by Gasteiger charge is 2.29. The molecule has 1 aromatic rings. The smallest absolute Gasteiger partial charge is 0.493 e. The zero-order valence-electron chi connectivity index (χ0n) is 8.34. The summed E-state index contributed by atoms with van der Waals surface area (Å²) in [6.45, 7) is 0.0385. The maximum absolute atomic E-state index is 12.6. The minimum absolute atomic E-state index is 0.0716. The van der Waals surface area contributed by atoms with Gasteiger partial charge in [0.15, 0.2) is 0 Å². The van der Waals surface area contributed by atoms with Gasteiger partial charge in [-0.3, -0.25) is 0 Å². The first-order valence-electron chi connectivity index (χ1n) is 4.49. The van der Waals surface area contributed by atoms with Crippen LogP contribution < -0.4 is 10.2 Å². The lowest BCUT2D eigenvalue weighted by Gasteiger charge is -2.20. The van der Waals surface area contributed by atoms with Crippen molar-refractivity contribution in [2.45, 2.75) is 6.92 Å². The number of benzene rings is 1.